The number of rotatable bonds is 7. The third kappa shape index (κ3) is 4.84. The Bertz CT molecular complexity index is 697. The lowest BCUT2D eigenvalue weighted by Crippen LogP contribution is -2.48. The molecule has 1 N–H and O–H groups in total. The number of methoxy groups -OCH3 is 1. The molecule has 2 aromatic rings. The molecular weight excluding hydrogens is 326 g/mol. The van der Waals surface area contributed by atoms with Crippen LogP contribution >= 0.6 is 0 Å². The average molecular weight is 353 g/mol. The molecule has 26 heavy (non-hydrogen) atoms. The summed E-state index contributed by atoms with van der Waals surface area (Å²) in [6, 6.07) is 18.1. The average Bonchev–Trinajstić information content (AvgIpc) is 2.70. The van der Waals surface area contributed by atoms with Crippen LogP contribution in [0.4, 0.5) is 5.69 Å². The van der Waals surface area contributed by atoms with Gasteiger partial charge in [0.2, 0.25) is 0 Å². The fourth-order valence-corrected chi connectivity index (χ4v) is 3.31. The van der Waals surface area contributed by atoms with E-state index >= 15 is 0 Å². The van der Waals surface area contributed by atoms with Crippen molar-refractivity contribution in [1.82, 2.24) is 10.2 Å². The molecule has 2 aromatic carbocycles. The second kappa shape index (κ2) is 9.36. The molecule has 138 valence electrons. The minimum absolute atomic E-state index is 0.0272. The predicted octanol–water partition coefficient (Wildman–Crippen LogP) is 2.39. The monoisotopic (exact) mass is 353 g/mol. The van der Waals surface area contributed by atoms with Crippen molar-refractivity contribution in [2.45, 2.75) is 6.61 Å². The van der Waals surface area contributed by atoms with Crippen molar-refractivity contribution in [2.24, 2.45) is 0 Å². The van der Waals surface area contributed by atoms with E-state index in [-0.39, 0.29) is 5.91 Å². The van der Waals surface area contributed by atoms with Crippen LogP contribution < -0.4 is 10.2 Å². The molecule has 5 nitrogen and oxygen atoms in total. The summed E-state index contributed by atoms with van der Waals surface area (Å²) in [6.07, 6.45) is 0. The van der Waals surface area contributed by atoms with Gasteiger partial charge in [-0.25, -0.2) is 0 Å². The molecule has 0 spiro atoms. The number of carbonyl (C=O) groups excluding carboxylic acids is 1. The Kier molecular flexibility index (Phi) is 6.63. The van der Waals surface area contributed by atoms with Gasteiger partial charge in [0.1, 0.15) is 0 Å². The third-order valence-electron chi connectivity index (χ3n) is 4.77. The predicted molar refractivity (Wildman–Crippen MR) is 105 cm³/mol. The smallest absolute Gasteiger partial charge is 0.251 e. The third-order valence-corrected chi connectivity index (χ3v) is 4.77. The van der Waals surface area contributed by atoms with E-state index in [1.165, 1.54) is 5.69 Å². The highest BCUT2D eigenvalue weighted by molar-refractivity contribution is 5.95. The van der Waals surface area contributed by atoms with Crippen molar-refractivity contribution >= 4 is 11.6 Å². The molecule has 0 unspecified atom stereocenters. The minimum Gasteiger partial charge on any atom is -0.380 e. The van der Waals surface area contributed by atoms with Crippen LogP contribution in [0.5, 0.6) is 0 Å². The molecule has 1 saturated heterocycles. The van der Waals surface area contributed by atoms with Gasteiger partial charge in [-0.1, -0.05) is 36.4 Å². The maximum atomic E-state index is 12.4. The molecule has 1 aliphatic heterocycles. The number of piperazine rings is 1. The zero-order valence-electron chi connectivity index (χ0n) is 15.4. The molecule has 5 heteroatoms. The number of benzene rings is 2. The molecule has 1 aliphatic rings. The summed E-state index contributed by atoms with van der Waals surface area (Å²) >= 11 is 0. The SMILES string of the molecule is COCc1ccccc1C(=O)NCCN1CCN(c2ccccc2)CC1. The molecule has 0 aliphatic carbocycles. The number of para-hydroxylation sites is 1. The number of amides is 1. The van der Waals surface area contributed by atoms with Crippen LogP contribution in [0.3, 0.4) is 0 Å². The van der Waals surface area contributed by atoms with Crippen molar-refractivity contribution in [3.8, 4) is 0 Å². The topological polar surface area (TPSA) is 44.8 Å². The number of anilines is 1. The van der Waals surface area contributed by atoms with Gasteiger partial charge >= 0.3 is 0 Å². The van der Waals surface area contributed by atoms with E-state index in [1.807, 2.05) is 30.3 Å². The van der Waals surface area contributed by atoms with Crippen LogP contribution in [0.2, 0.25) is 0 Å². The standard InChI is InChI=1S/C21H27N3O2/c1-26-17-18-7-5-6-10-20(18)21(25)22-11-12-23-13-15-24(16-14-23)19-8-3-2-4-9-19/h2-10H,11-17H2,1H3,(H,22,25). The second-order valence-electron chi connectivity index (χ2n) is 6.51. The first kappa shape index (κ1) is 18.4. The lowest BCUT2D eigenvalue weighted by atomic mass is 10.1. The van der Waals surface area contributed by atoms with Gasteiger partial charge < -0.3 is 15.0 Å². The molecule has 0 saturated carbocycles. The first-order valence-corrected chi connectivity index (χ1v) is 9.15. The van der Waals surface area contributed by atoms with Crippen molar-refractivity contribution in [3.05, 3.63) is 65.7 Å². The number of hydrogen-bond acceptors (Lipinski definition) is 4. The molecule has 0 bridgehead atoms. The summed E-state index contributed by atoms with van der Waals surface area (Å²) in [7, 11) is 1.64. The highest BCUT2D eigenvalue weighted by atomic mass is 16.5. The number of nitrogens with zero attached hydrogens (tertiary/aromatic N) is 2. The second-order valence-corrected chi connectivity index (χ2v) is 6.51. The van der Waals surface area contributed by atoms with Crippen molar-refractivity contribution in [1.29, 1.82) is 0 Å². The van der Waals surface area contributed by atoms with E-state index < -0.39 is 0 Å². The number of carbonyl (C=O) groups is 1. The summed E-state index contributed by atoms with van der Waals surface area (Å²) in [5.41, 5.74) is 2.91. The summed E-state index contributed by atoms with van der Waals surface area (Å²) in [4.78, 5) is 17.2. The Morgan fingerprint density at radius 3 is 2.42 bits per heavy atom. The van der Waals surface area contributed by atoms with Gasteiger partial charge in [0.05, 0.1) is 6.61 Å². The van der Waals surface area contributed by atoms with Crippen molar-refractivity contribution < 1.29 is 9.53 Å². The van der Waals surface area contributed by atoms with Gasteiger partial charge in [-0.2, -0.15) is 0 Å². The Hall–Kier alpha value is -2.37. The quantitative estimate of drug-likeness (QED) is 0.830. The van der Waals surface area contributed by atoms with Crippen LogP contribution in [0.25, 0.3) is 0 Å². The summed E-state index contributed by atoms with van der Waals surface area (Å²) in [5.74, 6) is -0.0272. The van der Waals surface area contributed by atoms with E-state index in [0.717, 1.165) is 38.3 Å². The van der Waals surface area contributed by atoms with Crippen LogP contribution in [-0.4, -0.2) is 57.2 Å². The van der Waals surface area contributed by atoms with Crippen LogP contribution in [0.15, 0.2) is 54.6 Å². The zero-order chi connectivity index (χ0) is 18.2. The molecule has 3 rings (SSSR count). The van der Waals surface area contributed by atoms with Crippen molar-refractivity contribution in [3.63, 3.8) is 0 Å². The van der Waals surface area contributed by atoms with Crippen LogP contribution in [0.1, 0.15) is 15.9 Å². The van der Waals surface area contributed by atoms with E-state index in [4.69, 9.17) is 4.74 Å². The van der Waals surface area contributed by atoms with E-state index in [0.29, 0.717) is 18.7 Å². The number of ether oxygens (including phenoxy) is 1. The van der Waals surface area contributed by atoms with Gasteiger partial charge in [-0.05, 0) is 23.8 Å². The highest BCUT2D eigenvalue weighted by Gasteiger charge is 2.17. The van der Waals surface area contributed by atoms with Crippen LogP contribution in [-0.2, 0) is 11.3 Å². The van der Waals surface area contributed by atoms with E-state index in [9.17, 15) is 4.79 Å². The maximum Gasteiger partial charge on any atom is 0.251 e. The molecule has 1 amide bonds. The van der Waals surface area contributed by atoms with Gasteiger partial charge in [-0.15, -0.1) is 0 Å². The number of nitrogens with one attached hydrogen (secondary N) is 1. The van der Waals surface area contributed by atoms with Gasteiger partial charge in [0.15, 0.2) is 0 Å². The lowest BCUT2D eigenvalue weighted by Gasteiger charge is -2.36. The fourth-order valence-electron chi connectivity index (χ4n) is 3.31. The molecular formula is C21H27N3O2. The summed E-state index contributed by atoms with van der Waals surface area (Å²) in [5, 5.41) is 3.04. The first-order valence-electron chi connectivity index (χ1n) is 9.15. The van der Waals surface area contributed by atoms with Gasteiger partial charge in [0.25, 0.3) is 5.91 Å². The van der Waals surface area contributed by atoms with Gasteiger partial charge in [-0.3, -0.25) is 9.69 Å². The van der Waals surface area contributed by atoms with Gasteiger partial charge in [0, 0.05) is 57.6 Å². The zero-order valence-corrected chi connectivity index (χ0v) is 15.4. The Morgan fingerprint density at radius 2 is 1.69 bits per heavy atom. The summed E-state index contributed by atoms with van der Waals surface area (Å²) in [6.45, 7) is 6.07. The minimum atomic E-state index is -0.0272. The fraction of sp³-hybridized carbons (Fsp3) is 0.381. The maximum absolute atomic E-state index is 12.4. The Balaban J connectivity index is 1.43. The van der Waals surface area contributed by atoms with E-state index in [2.05, 4.69) is 39.4 Å². The molecule has 1 fully saturated rings. The lowest BCUT2D eigenvalue weighted by molar-refractivity contribution is 0.0943. The van der Waals surface area contributed by atoms with Crippen LogP contribution in [0, 0.1) is 0 Å². The van der Waals surface area contributed by atoms with Crippen molar-refractivity contribution in [2.75, 3.05) is 51.3 Å². The van der Waals surface area contributed by atoms with E-state index in [1.54, 1.807) is 7.11 Å². The summed E-state index contributed by atoms with van der Waals surface area (Å²) < 4.78 is 5.17. The molecule has 0 aromatic heterocycles. The largest absolute Gasteiger partial charge is 0.380 e. The molecule has 0 atom stereocenters. The Labute approximate surface area is 155 Å². The molecule has 1 heterocycles. The normalized spacial score (nSPS) is 15.0. The molecule has 0 radical (unpaired) electrons. The highest BCUT2D eigenvalue weighted by Crippen LogP contribution is 2.15. The first-order chi connectivity index (χ1) is 12.8. The Morgan fingerprint density at radius 1 is 1.00 bits per heavy atom. The number of hydrogen-bond donors (Lipinski definition) is 1.